The van der Waals surface area contributed by atoms with E-state index in [1.807, 2.05) is 5.32 Å². The van der Waals surface area contributed by atoms with Gasteiger partial charge in [0.15, 0.2) is 0 Å². The highest BCUT2D eigenvalue weighted by atomic mass is 19.4. The highest BCUT2D eigenvalue weighted by Crippen LogP contribution is 2.44. The quantitative estimate of drug-likeness (QED) is 0.834. The molecule has 0 spiro atoms. The predicted octanol–water partition coefficient (Wildman–Crippen LogP) is 3.42. The Morgan fingerprint density at radius 2 is 1.71 bits per heavy atom. The van der Waals surface area contributed by atoms with Gasteiger partial charge in [0.05, 0.1) is 5.56 Å². The Labute approximate surface area is 130 Å². The zero-order valence-electron chi connectivity index (χ0n) is 11.5. The molecule has 2 aromatic rings. The molecule has 0 atom stereocenters. The van der Waals surface area contributed by atoms with Crippen LogP contribution in [0, 0.1) is 5.82 Å². The first kappa shape index (κ1) is 17.6. The van der Waals surface area contributed by atoms with Crippen LogP contribution in [0.2, 0.25) is 0 Å². The lowest BCUT2D eigenvalue weighted by Crippen LogP contribution is -2.34. The van der Waals surface area contributed by atoms with Crippen LogP contribution in [-0.4, -0.2) is 17.1 Å². The number of H-pyrrole nitrogens is 1. The van der Waals surface area contributed by atoms with E-state index in [2.05, 4.69) is 4.98 Å². The molecule has 0 saturated heterocycles. The maximum atomic E-state index is 13.6. The van der Waals surface area contributed by atoms with Crippen LogP contribution in [0.4, 0.5) is 32.0 Å². The van der Waals surface area contributed by atoms with Gasteiger partial charge in [-0.25, -0.2) is 4.39 Å². The van der Waals surface area contributed by atoms with Gasteiger partial charge in [0, 0.05) is 23.5 Å². The minimum absolute atomic E-state index is 0.0869. The fourth-order valence-corrected chi connectivity index (χ4v) is 1.78. The number of alkyl halides is 5. The van der Waals surface area contributed by atoms with Gasteiger partial charge in [-0.15, -0.1) is 0 Å². The van der Waals surface area contributed by atoms with Gasteiger partial charge in [-0.1, -0.05) is 0 Å². The normalized spacial score (nSPS) is 12.1. The second kappa shape index (κ2) is 6.02. The SMILES string of the molecule is O=C(Nc1cc[nH]c(=O)c1)c1cc(C(F)(F)C(F)(F)F)ccc1F. The number of aromatic nitrogens is 1. The number of carbonyl (C=O) groups is 1. The van der Waals surface area contributed by atoms with Crippen molar-refractivity contribution >= 4 is 11.6 Å². The Morgan fingerprint density at radius 1 is 1.04 bits per heavy atom. The van der Waals surface area contributed by atoms with Gasteiger partial charge < -0.3 is 10.3 Å². The summed E-state index contributed by atoms with van der Waals surface area (Å²) in [4.78, 5) is 25.2. The van der Waals surface area contributed by atoms with Crippen LogP contribution in [0.15, 0.2) is 41.3 Å². The van der Waals surface area contributed by atoms with Crippen molar-refractivity contribution in [3.8, 4) is 0 Å². The molecule has 1 aromatic heterocycles. The molecular formula is C14H8F6N2O2. The van der Waals surface area contributed by atoms with E-state index in [0.29, 0.717) is 6.07 Å². The van der Waals surface area contributed by atoms with E-state index in [4.69, 9.17) is 0 Å². The van der Waals surface area contributed by atoms with Crippen LogP contribution >= 0.6 is 0 Å². The Balaban J connectivity index is 2.38. The summed E-state index contributed by atoms with van der Waals surface area (Å²) in [5.74, 6) is -7.82. The Morgan fingerprint density at radius 3 is 2.29 bits per heavy atom. The van der Waals surface area contributed by atoms with Crippen molar-refractivity contribution in [2.75, 3.05) is 5.32 Å². The summed E-state index contributed by atoms with van der Waals surface area (Å²) in [5, 5.41) is 2.03. The molecule has 0 fully saturated rings. The summed E-state index contributed by atoms with van der Waals surface area (Å²) in [5.41, 5.74) is -3.29. The van der Waals surface area contributed by atoms with Crippen molar-refractivity contribution in [2.24, 2.45) is 0 Å². The van der Waals surface area contributed by atoms with Crippen molar-refractivity contribution in [2.45, 2.75) is 12.1 Å². The number of anilines is 1. The van der Waals surface area contributed by atoms with Gasteiger partial charge in [-0.3, -0.25) is 9.59 Å². The lowest BCUT2D eigenvalue weighted by atomic mass is 10.0. The summed E-state index contributed by atoms with van der Waals surface area (Å²) in [6, 6.07) is 2.83. The molecule has 0 saturated carbocycles. The van der Waals surface area contributed by atoms with Crippen molar-refractivity contribution in [3.63, 3.8) is 0 Å². The van der Waals surface area contributed by atoms with E-state index < -0.39 is 40.5 Å². The number of halogens is 6. The Bertz CT molecular complexity index is 828. The number of nitrogens with one attached hydrogen (secondary N) is 2. The highest BCUT2D eigenvalue weighted by molar-refractivity contribution is 6.04. The fraction of sp³-hybridized carbons (Fsp3) is 0.143. The summed E-state index contributed by atoms with van der Waals surface area (Å²) >= 11 is 0. The molecule has 1 heterocycles. The van der Waals surface area contributed by atoms with E-state index in [0.717, 1.165) is 12.3 Å². The van der Waals surface area contributed by atoms with Gasteiger partial charge in [0.1, 0.15) is 5.82 Å². The summed E-state index contributed by atoms with van der Waals surface area (Å²) < 4.78 is 77.3. The largest absolute Gasteiger partial charge is 0.458 e. The lowest BCUT2D eigenvalue weighted by Gasteiger charge is -2.20. The monoisotopic (exact) mass is 350 g/mol. The second-order valence-corrected chi connectivity index (χ2v) is 4.66. The van der Waals surface area contributed by atoms with E-state index in [-0.39, 0.29) is 17.8 Å². The van der Waals surface area contributed by atoms with Crippen molar-refractivity contribution < 1.29 is 31.1 Å². The van der Waals surface area contributed by atoms with Crippen LogP contribution in [0.5, 0.6) is 0 Å². The number of hydrogen-bond acceptors (Lipinski definition) is 2. The van der Waals surface area contributed by atoms with Crippen LogP contribution in [-0.2, 0) is 5.92 Å². The van der Waals surface area contributed by atoms with Crippen molar-refractivity contribution in [3.05, 3.63) is 63.8 Å². The van der Waals surface area contributed by atoms with Crippen molar-refractivity contribution in [1.82, 2.24) is 4.98 Å². The molecule has 0 aliphatic rings. The van der Waals surface area contributed by atoms with Crippen molar-refractivity contribution in [1.29, 1.82) is 0 Å². The van der Waals surface area contributed by atoms with Gasteiger partial charge in [0.2, 0.25) is 5.56 Å². The smallest absolute Gasteiger partial charge is 0.329 e. The van der Waals surface area contributed by atoms with Crippen LogP contribution in [0.25, 0.3) is 0 Å². The van der Waals surface area contributed by atoms with Gasteiger partial charge in [0.25, 0.3) is 5.91 Å². The second-order valence-electron chi connectivity index (χ2n) is 4.66. The third-order valence-corrected chi connectivity index (χ3v) is 2.96. The Kier molecular flexibility index (Phi) is 4.41. The molecule has 128 valence electrons. The molecular weight excluding hydrogens is 342 g/mol. The average Bonchev–Trinajstić information content (AvgIpc) is 2.46. The average molecular weight is 350 g/mol. The first-order valence-corrected chi connectivity index (χ1v) is 6.27. The number of amides is 1. The fourth-order valence-electron chi connectivity index (χ4n) is 1.78. The van der Waals surface area contributed by atoms with E-state index >= 15 is 0 Å². The molecule has 2 N–H and O–H groups in total. The standard InChI is InChI=1S/C14H8F6N2O2/c15-10-2-1-7(13(16,17)14(18,19)20)5-9(10)12(24)22-8-3-4-21-11(23)6-8/h1-6H,(H2,21,22,23,24). The number of rotatable bonds is 3. The van der Waals surface area contributed by atoms with Gasteiger partial charge in [-0.05, 0) is 24.3 Å². The zero-order valence-corrected chi connectivity index (χ0v) is 11.5. The number of pyridine rings is 1. The molecule has 0 radical (unpaired) electrons. The summed E-state index contributed by atoms with van der Waals surface area (Å²) in [6.07, 6.45) is -4.74. The minimum atomic E-state index is -5.90. The highest BCUT2D eigenvalue weighted by Gasteiger charge is 2.58. The zero-order chi connectivity index (χ0) is 18.1. The van der Waals surface area contributed by atoms with E-state index in [1.165, 1.54) is 6.07 Å². The molecule has 0 aliphatic heterocycles. The third-order valence-electron chi connectivity index (χ3n) is 2.96. The molecule has 0 aliphatic carbocycles. The van der Waals surface area contributed by atoms with Gasteiger partial charge >= 0.3 is 12.1 Å². The Hall–Kier alpha value is -2.78. The third kappa shape index (κ3) is 3.42. The number of benzene rings is 1. The van der Waals surface area contributed by atoms with Gasteiger partial charge in [-0.2, -0.15) is 22.0 Å². The topological polar surface area (TPSA) is 62.0 Å². The van der Waals surface area contributed by atoms with Crippen LogP contribution < -0.4 is 10.9 Å². The molecule has 4 nitrogen and oxygen atoms in total. The first-order valence-electron chi connectivity index (χ1n) is 6.27. The molecule has 1 amide bonds. The number of carbonyl (C=O) groups excluding carboxylic acids is 1. The molecule has 1 aromatic carbocycles. The lowest BCUT2D eigenvalue weighted by molar-refractivity contribution is -0.289. The maximum absolute atomic E-state index is 13.6. The minimum Gasteiger partial charge on any atom is -0.329 e. The molecule has 0 bridgehead atoms. The molecule has 24 heavy (non-hydrogen) atoms. The number of hydrogen-bond donors (Lipinski definition) is 2. The maximum Gasteiger partial charge on any atom is 0.458 e. The molecule has 0 unspecified atom stereocenters. The summed E-state index contributed by atoms with van der Waals surface area (Å²) in [7, 11) is 0. The molecule has 2 rings (SSSR count). The summed E-state index contributed by atoms with van der Waals surface area (Å²) in [6.45, 7) is 0. The first-order chi connectivity index (χ1) is 11.0. The van der Waals surface area contributed by atoms with E-state index in [9.17, 15) is 35.9 Å². The number of aromatic amines is 1. The molecule has 10 heteroatoms. The van der Waals surface area contributed by atoms with E-state index in [1.54, 1.807) is 0 Å². The van der Waals surface area contributed by atoms with Crippen LogP contribution in [0.3, 0.4) is 0 Å². The predicted molar refractivity (Wildman–Crippen MR) is 71.4 cm³/mol. The van der Waals surface area contributed by atoms with Crippen LogP contribution in [0.1, 0.15) is 15.9 Å².